The van der Waals surface area contributed by atoms with E-state index in [1.54, 1.807) is 12.1 Å². The van der Waals surface area contributed by atoms with Gasteiger partial charge in [0.15, 0.2) is 15.6 Å². The number of carbonyl (C=O) groups excluding carboxylic acids is 1. The Balaban J connectivity index is 2.05. The third-order valence-corrected chi connectivity index (χ3v) is 3.86. The number of ketones is 1. The Labute approximate surface area is 107 Å². The molecule has 0 heterocycles. The zero-order valence-electron chi connectivity index (χ0n) is 10.3. The fourth-order valence-electron chi connectivity index (χ4n) is 2.02. The molecule has 0 aliphatic heterocycles. The van der Waals surface area contributed by atoms with Crippen LogP contribution in [0.5, 0.6) is 5.75 Å². The average Bonchev–Trinajstić information content (AvgIpc) is 2.27. The first-order chi connectivity index (χ1) is 8.46. The average molecular weight is 268 g/mol. The number of fused-ring (bicyclic) bond motifs is 1. The standard InChI is InChI=1S/C13H16O4S/c1-18(15,16)8-7-17-11-5-6-12-10(9-11)3-2-4-13(12)14/h5-6,9H,2-4,7-8H2,1H3. The minimum atomic E-state index is -3.00. The number of hydrogen-bond acceptors (Lipinski definition) is 4. The molecule has 98 valence electrons. The fraction of sp³-hybridized carbons (Fsp3) is 0.462. The SMILES string of the molecule is CS(=O)(=O)CCOc1ccc2c(c1)CCCC2=O. The van der Waals surface area contributed by atoms with E-state index >= 15 is 0 Å². The van der Waals surface area contributed by atoms with Gasteiger partial charge in [0, 0.05) is 18.2 Å². The number of ether oxygens (including phenoxy) is 1. The summed E-state index contributed by atoms with van der Waals surface area (Å²) < 4.78 is 27.3. The molecule has 0 bridgehead atoms. The molecule has 0 N–H and O–H groups in total. The van der Waals surface area contributed by atoms with Crippen molar-refractivity contribution < 1.29 is 17.9 Å². The normalized spacial score (nSPS) is 15.3. The summed E-state index contributed by atoms with van der Waals surface area (Å²) in [5, 5.41) is 0. The van der Waals surface area contributed by atoms with E-state index in [1.165, 1.54) is 6.26 Å². The van der Waals surface area contributed by atoms with E-state index in [4.69, 9.17) is 4.74 Å². The molecule has 0 aromatic heterocycles. The van der Waals surface area contributed by atoms with Crippen LogP contribution in [0.3, 0.4) is 0 Å². The summed E-state index contributed by atoms with van der Waals surface area (Å²) in [6.07, 6.45) is 3.55. The summed E-state index contributed by atoms with van der Waals surface area (Å²) in [7, 11) is -3.00. The van der Waals surface area contributed by atoms with Gasteiger partial charge < -0.3 is 4.74 Å². The summed E-state index contributed by atoms with van der Waals surface area (Å²) in [6, 6.07) is 5.34. The third kappa shape index (κ3) is 3.32. The van der Waals surface area contributed by atoms with Crippen LogP contribution in [0.2, 0.25) is 0 Å². The molecule has 4 nitrogen and oxygen atoms in total. The van der Waals surface area contributed by atoms with E-state index in [0.717, 1.165) is 24.0 Å². The number of hydrogen-bond donors (Lipinski definition) is 0. The topological polar surface area (TPSA) is 60.4 Å². The molecule has 0 spiro atoms. The second-order valence-electron chi connectivity index (χ2n) is 4.57. The maximum absolute atomic E-state index is 11.6. The minimum Gasteiger partial charge on any atom is -0.493 e. The maximum Gasteiger partial charge on any atom is 0.163 e. The predicted molar refractivity (Wildman–Crippen MR) is 68.9 cm³/mol. The molecule has 0 atom stereocenters. The summed E-state index contributed by atoms with van der Waals surface area (Å²) >= 11 is 0. The molecule has 18 heavy (non-hydrogen) atoms. The molecule has 0 fully saturated rings. The van der Waals surface area contributed by atoms with Gasteiger partial charge >= 0.3 is 0 Å². The number of Topliss-reactive ketones (excluding diaryl/α,β-unsaturated/α-hetero) is 1. The molecular formula is C13H16O4S. The van der Waals surface area contributed by atoms with Crippen molar-refractivity contribution >= 4 is 15.6 Å². The highest BCUT2D eigenvalue weighted by atomic mass is 32.2. The van der Waals surface area contributed by atoms with E-state index in [0.29, 0.717) is 12.2 Å². The lowest BCUT2D eigenvalue weighted by molar-refractivity contribution is 0.0972. The quantitative estimate of drug-likeness (QED) is 0.832. The molecule has 0 amide bonds. The molecule has 1 aliphatic rings. The summed E-state index contributed by atoms with van der Waals surface area (Å²) in [5.74, 6) is 0.814. The third-order valence-electron chi connectivity index (χ3n) is 2.95. The molecule has 1 aromatic rings. The van der Waals surface area contributed by atoms with Gasteiger partial charge in [-0.3, -0.25) is 4.79 Å². The van der Waals surface area contributed by atoms with Gasteiger partial charge in [-0.15, -0.1) is 0 Å². The fourth-order valence-corrected chi connectivity index (χ4v) is 2.41. The largest absolute Gasteiger partial charge is 0.493 e. The Morgan fingerprint density at radius 2 is 2.06 bits per heavy atom. The minimum absolute atomic E-state index is 0.00299. The van der Waals surface area contributed by atoms with Crippen LogP contribution in [0.1, 0.15) is 28.8 Å². The molecule has 0 saturated heterocycles. The second-order valence-corrected chi connectivity index (χ2v) is 6.83. The molecule has 0 saturated carbocycles. The van der Waals surface area contributed by atoms with Crippen molar-refractivity contribution in [2.75, 3.05) is 18.6 Å². The molecule has 1 aromatic carbocycles. The van der Waals surface area contributed by atoms with E-state index in [9.17, 15) is 13.2 Å². The van der Waals surface area contributed by atoms with Crippen LogP contribution in [0.4, 0.5) is 0 Å². The van der Waals surface area contributed by atoms with E-state index in [-0.39, 0.29) is 18.1 Å². The lowest BCUT2D eigenvalue weighted by Crippen LogP contribution is -2.13. The van der Waals surface area contributed by atoms with Crippen molar-refractivity contribution in [1.82, 2.24) is 0 Å². The van der Waals surface area contributed by atoms with Crippen LogP contribution in [-0.2, 0) is 16.3 Å². The number of benzene rings is 1. The highest BCUT2D eigenvalue weighted by Crippen LogP contribution is 2.25. The Morgan fingerprint density at radius 3 is 2.78 bits per heavy atom. The number of rotatable bonds is 4. The second kappa shape index (κ2) is 5.10. The Morgan fingerprint density at radius 1 is 1.28 bits per heavy atom. The van der Waals surface area contributed by atoms with Gasteiger partial charge in [-0.05, 0) is 36.6 Å². The predicted octanol–water partition coefficient (Wildman–Crippen LogP) is 1.63. The van der Waals surface area contributed by atoms with Crippen LogP contribution >= 0.6 is 0 Å². The van der Waals surface area contributed by atoms with Crippen molar-refractivity contribution in [3.63, 3.8) is 0 Å². The van der Waals surface area contributed by atoms with Crippen LogP contribution in [0, 0.1) is 0 Å². The van der Waals surface area contributed by atoms with Gasteiger partial charge in [-0.25, -0.2) is 8.42 Å². The first-order valence-corrected chi connectivity index (χ1v) is 7.98. The molecule has 5 heteroatoms. The first-order valence-electron chi connectivity index (χ1n) is 5.92. The van der Waals surface area contributed by atoms with Crippen LogP contribution in [0.25, 0.3) is 0 Å². The smallest absolute Gasteiger partial charge is 0.163 e. The van der Waals surface area contributed by atoms with Crippen LogP contribution in [-0.4, -0.2) is 32.8 Å². The Hall–Kier alpha value is -1.36. The first kappa shape index (κ1) is 13.1. The van der Waals surface area contributed by atoms with Crippen molar-refractivity contribution in [2.45, 2.75) is 19.3 Å². The maximum atomic E-state index is 11.6. The van der Waals surface area contributed by atoms with E-state index < -0.39 is 9.84 Å². The molecule has 0 unspecified atom stereocenters. The molecule has 1 aliphatic carbocycles. The highest BCUT2D eigenvalue weighted by molar-refractivity contribution is 7.90. The zero-order chi connectivity index (χ0) is 13.2. The lowest BCUT2D eigenvalue weighted by atomic mass is 9.91. The van der Waals surface area contributed by atoms with E-state index in [2.05, 4.69) is 0 Å². The number of carbonyl (C=O) groups is 1. The van der Waals surface area contributed by atoms with Gasteiger partial charge in [-0.1, -0.05) is 0 Å². The molecular weight excluding hydrogens is 252 g/mol. The van der Waals surface area contributed by atoms with Crippen molar-refractivity contribution in [1.29, 1.82) is 0 Å². The van der Waals surface area contributed by atoms with Gasteiger partial charge in [-0.2, -0.15) is 0 Å². The number of aryl methyl sites for hydroxylation is 1. The van der Waals surface area contributed by atoms with Crippen LogP contribution < -0.4 is 4.74 Å². The highest BCUT2D eigenvalue weighted by Gasteiger charge is 2.17. The van der Waals surface area contributed by atoms with Gasteiger partial charge in [0.05, 0.1) is 5.75 Å². The summed E-state index contributed by atoms with van der Waals surface area (Å²) in [6.45, 7) is 0.144. The van der Waals surface area contributed by atoms with Gasteiger partial charge in [0.25, 0.3) is 0 Å². The molecule has 2 rings (SSSR count). The zero-order valence-corrected chi connectivity index (χ0v) is 11.1. The Kier molecular flexibility index (Phi) is 3.71. The monoisotopic (exact) mass is 268 g/mol. The lowest BCUT2D eigenvalue weighted by Gasteiger charge is -2.15. The Bertz CT molecular complexity index is 560. The van der Waals surface area contributed by atoms with Gasteiger partial charge in [0.2, 0.25) is 0 Å². The number of sulfone groups is 1. The van der Waals surface area contributed by atoms with Crippen molar-refractivity contribution in [3.05, 3.63) is 29.3 Å². The molecule has 0 radical (unpaired) electrons. The van der Waals surface area contributed by atoms with E-state index in [1.807, 2.05) is 6.07 Å². The van der Waals surface area contributed by atoms with Crippen molar-refractivity contribution in [3.8, 4) is 5.75 Å². The summed E-state index contributed by atoms with van der Waals surface area (Å²) in [4.78, 5) is 11.6. The van der Waals surface area contributed by atoms with Crippen molar-refractivity contribution in [2.24, 2.45) is 0 Å². The van der Waals surface area contributed by atoms with Crippen LogP contribution in [0.15, 0.2) is 18.2 Å². The summed E-state index contributed by atoms with van der Waals surface area (Å²) in [5.41, 5.74) is 1.78. The van der Waals surface area contributed by atoms with Gasteiger partial charge in [0.1, 0.15) is 12.4 Å².